The summed E-state index contributed by atoms with van der Waals surface area (Å²) in [6.07, 6.45) is 5.29. The largest absolute Gasteiger partial charge is 0.0836 e. The first kappa shape index (κ1) is 13.7. The maximum Gasteiger partial charge on any atom is 0.0595 e. The zero-order valence-corrected chi connectivity index (χ0v) is 13.0. The molecule has 0 aliphatic heterocycles. The van der Waals surface area contributed by atoms with Crippen molar-refractivity contribution in [2.24, 2.45) is 11.8 Å². The highest BCUT2D eigenvalue weighted by molar-refractivity contribution is 9.09. The molecule has 0 radical (unpaired) electrons. The predicted octanol–water partition coefficient (Wildman–Crippen LogP) is 6.26. The van der Waals surface area contributed by atoms with Crippen molar-refractivity contribution in [2.45, 2.75) is 37.4 Å². The van der Waals surface area contributed by atoms with Crippen LogP contribution in [0, 0.1) is 11.8 Å². The topological polar surface area (TPSA) is 0 Å². The highest BCUT2D eigenvalue weighted by Gasteiger charge is 2.25. The molecule has 3 heteroatoms. The van der Waals surface area contributed by atoms with Gasteiger partial charge in [-0.1, -0.05) is 65.0 Å². The molecule has 1 aliphatic rings. The van der Waals surface area contributed by atoms with Gasteiger partial charge in [0.15, 0.2) is 0 Å². The van der Waals surface area contributed by atoms with E-state index in [0.717, 1.165) is 11.8 Å². The van der Waals surface area contributed by atoms with Gasteiger partial charge in [0.1, 0.15) is 0 Å². The summed E-state index contributed by atoms with van der Waals surface area (Å²) in [7, 11) is 0. The minimum atomic E-state index is 0.407. The second-order valence-corrected chi connectivity index (χ2v) is 6.90. The van der Waals surface area contributed by atoms with E-state index in [0.29, 0.717) is 14.9 Å². The minimum absolute atomic E-state index is 0.407. The van der Waals surface area contributed by atoms with E-state index in [4.69, 9.17) is 23.2 Å². The molecule has 0 heterocycles. The van der Waals surface area contributed by atoms with E-state index < -0.39 is 0 Å². The van der Waals surface area contributed by atoms with Crippen molar-refractivity contribution < 1.29 is 0 Å². The van der Waals surface area contributed by atoms with Crippen LogP contribution in [-0.2, 0) is 0 Å². The van der Waals surface area contributed by atoms with Crippen LogP contribution in [0.3, 0.4) is 0 Å². The van der Waals surface area contributed by atoms with Crippen molar-refractivity contribution in [3.8, 4) is 0 Å². The summed E-state index contributed by atoms with van der Waals surface area (Å²) in [6.45, 7) is 2.35. The van der Waals surface area contributed by atoms with Crippen molar-refractivity contribution >= 4 is 39.1 Å². The third-order valence-electron chi connectivity index (χ3n) is 3.74. The van der Waals surface area contributed by atoms with Gasteiger partial charge in [-0.3, -0.25) is 0 Å². The van der Waals surface area contributed by atoms with Gasteiger partial charge in [-0.05, 0) is 42.4 Å². The Kier molecular flexibility index (Phi) is 4.80. The molecule has 1 aromatic carbocycles. The highest BCUT2D eigenvalue weighted by Crippen LogP contribution is 2.42. The van der Waals surface area contributed by atoms with Gasteiger partial charge in [0.05, 0.1) is 10.0 Å². The van der Waals surface area contributed by atoms with Crippen molar-refractivity contribution in [1.82, 2.24) is 0 Å². The zero-order chi connectivity index (χ0) is 12.4. The maximum absolute atomic E-state index is 6.07. The van der Waals surface area contributed by atoms with E-state index >= 15 is 0 Å². The van der Waals surface area contributed by atoms with Crippen LogP contribution in [0.4, 0.5) is 0 Å². The summed E-state index contributed by atoms with van der Waals surface area (Å²) in [5.41, 5.74) is 1.25. The van der Waals surface area contributed by atoms with E-state index in [1.807, 2.05) is 12.1 Å². The molecule has 1 atom stereocenters. The Bertz CT molecular complexity index is 384. The Morgan fingerprint density at radius 2 is 1.76 bits per heavy atom. The molecule has 0 spiro atoms. The molecular weight excluding hydrogens is 319 g/mol. The maximum atomic E-state index is 6.07. The fourth-order valence-electron chi connectivity index (χ4n) is 2.53. The number of hydrogen-bond acceptors (Lipinski definition) is 0. The summed E-state index contributed by atoms with van der Waals surface area (Å²) in [6, 6.07) is 5.95. The van der Waals surface area contributed by atoms with E-state index in [1.54, 1.807) is 0 Å². The number of halogens is 3. The van der Waals surface area contributed by atoms with Crippen LogP contribution in [0.5, 0.6) is 0 Å². The lowest BCUT2D eigenvalue weighted by molar-refractivity contribution is 0.287. The van der Waals surface area contributed by atoms with Gasteiger partial charge < -0.3 is 0 Å². The lowest BCUT2D eigenvalue weighted by Gasteiger charge is -2.30. The number of benzene rings is 1. The number of hydrogen-bond donors (Lipinski definition) is 0. The van der Waals surface area contributed by atoms with Crippen LogP contribution in [0.15, 0.2) is 18.2 Å². The van der Waals surface area contributed by atoms with Gasteiger partial charge in [0.25, 0.3) is 0 Å². The smallest absolute Gasteiger partial charge is 0.0595 e. The number of alkyl halides is 1. The van der Waals surface area contributed by atoms with Crippen molar-refractivity contribution in [2.75, 3.05) is 0 Å². The Balaban J connectivity index is 2.08. The van der Waals surface area contributed by atoms with Gasteiger partial charge in [-0.25, -0.2) is 0 Å². The second-order valence-electron chi connectivity index (χ2n) is 5.10. The molecule has 2 rings (SSSR count). The first-order valence-corrected chi connectivity index (χ1v) is 7.84. The molecule has 1 saturated carbocycles. The molecule has 17 heavy (non-hydrogen) atoms. The molecule has 1 fully saturated rings. The third kappa shape index (κ3) is 3.39. The molecule has 1 aliphatic carbocycles. The molecule has 0 saturated heterocycles. The lowest BCUT2D eigenvalue weighted by Crippen LogP contribution is -2.16. The van der Waals surface area contributed by atoms with E-state index in [-0.39, 0.29) is 0 Å². The first-order chi connectivity index (χ1) is 8.08. The van der Waals surface area contributed by atoms with E-state index in [9.17, 15) is 0 Å². The van der Waals surface area contributed by atoms with Gasteiger partial charge >= 0.3 is 0 Å². The normalized spacial score (nSPS) is 26.8. The van der Waals surface area contributed by atoms with Crippen LogP contribution < -0.4 is 0 Å². The van der Waals surface area contributed by atoms with Crippen molar-refractivity contribution in [1.29, 1.82) is 0 Å². The van der Waals surface area contributed by atoms with Crippen LogP contribution in [0.25, 0.3) is 0 Å². The fraction of sp³-hybridized carbons (Fsp3) is 0.571. The standard InChI is InChI=1S/C14H17BrCl2/c1-9-2-4-10(5-3-9)14(15)11-6-7-12(16)13(17)8-11/h6-10,14H,2-5H2,1H3. The number of rotatable bonds is 2. The Labute approximate surface area is 122 Å². The van der Waals surface area contributed by atoms with Gasteiger partial charge in [-0.2, -0.15) is 0 Å². The van der Waals surface area contributed by atoms with Crippen LogP contribution >= 0.6 is 39.1 Å². The van der Waals surface area contributed by atoms with Crippen molar-refractivity contribution in [3.63, 3.8) is 0 Å². The zero-order valence-electron chi connectivity index (χ0n) is 9.93. The third-order valence-corrected chi connectivity index (χ3v) is 5.75. The SMILES string of the molecule is CC1CCC(C(Br)c2ccc(Cl)c(Cl)c2)CC1. The molecule has 1 unspecified atom stereocenters. The monoisotopic (exact) mass is 334 g/mol. The summed E-state index contributed by atoms with van der Waals surface area (Å²) >= 11 is 15.8. The summed E-state index contributed by atoms with van der Waals surface area (Å²) < 4.78 is 0. The van der Waals surface area contributed by atoms with Gasteiger partial charge in [0, 0.05) is 4.83 Å². The quantitative estimate of drug-likeness (QED) is 0.560. The van der Waals surface area contributed by atoms with Crippen LogP contribution in [0.1, 0.15) is 43.0 Å². The minimum Gasteiger partial charge on any atom is -0.0836 e. The molecular formula is C14H17BrCl2. The van der Waals surface area contributed by atoms with Crippen LogP contribution in [0.2, 0.25) is 10.0 Å². The molecule has 0 aromatic heterocycles. The Morgan fingerprint density at radius 3 is 2.35 bits per heavy atom. The second kappa shape index (κ2) is 5.95. The van der Waals surface area contributed by atoms with Crippen molar-refractivity contribution in [3.05, 3.63) is 33.8 Å². The molecule has 0 amide bonds. The summed E-state index contributed by atoms with van der Waals surface area (Å²) in [5, 5.41) is 1.28. The average molecular weight is 336 g/mol. The average Bonchev–Trinajstić information content (AvgIpc) is 2.33. The summed E-state index contributed by atoms with van der Waals surface area (Å²) in [4.78, 5) is 0.407. The van der Waals surface area contributed by atoms with E-state index in [1.165, 1.54) is 31.2 Å². The van der Waals surface area contributed by atoms with Gasteiger partial charge in [0.2, 0.25) is 0 Å². The highest BCUT2D eigenvalue weighted by atomic mass is 79.9. The molecule has 94 valence electrons. The fourth-order valence-corrected chi connectivity index (χ4v) is 3.65. The van der Waals surface area contributed by atoms with Gasteiger partial charge in [-0.15, -0.1) is 0 Å². The molecule has 0 nitrogen and oxygen atoms in total. The molecule has 0 bridgehead atoms. The first-order valence-electron chi connectivity index (χ1n) is 6.17. The van der Waals surface area contributed by atoms with E-state index in [2.05, 4.69) is 28.9 Å². The Morgan fingerprint density at radius 1 is 1.12 bits per heavy atom. The summed E-state index contributed by atoms with van der Waals surface area (Å²) in [5.74, 6) is 1.61. The Hall–Kier alpha value is 0.280. The van der Waals surface area contributed by atoms with Crippen LogP contribution in [-0.4, -0.2) is 0 Å². The predicted molar refractivity (Wildman–Crippen MR) is 79.3 cm³/mol. The molecule has 0 N–H and O–H groups in total. The lowest BCUT2D eigenvalue weighted by atomic mass is 9.80. The molecule has 1 aromatic rings.